The summed E-state index contributed by atoms with van der Waals surface area (Å²) in [6.45, 7) is 12.5. The van der Waals surface area contributed by atoms with E-state index in [0.29, 0.717) is 0 Å². The minimum atomic E-state index is -0.125. The van der Waals surface area contributed by atoms with Crippen LogP contribution in [0.5, 0.6) is 0 Å². The number of pyridine rings is 1. The first-order chi connectivity index (χ1) is 20.0. The maximum atomic E-state index is 10.0. The van der Waals surface area contributed by atoms with Gasteiger partial charge in [-0.15, -0.1) is 40.5 Å². The summed E-state index contributed by atoms with van der Waals surface area (Å²) in [6, 6.07) is 27.9. The van der Waals surface area contributed by atoms with E-state index in [-0.39, 0.29) is 42.5 Å². The summed E-state index contributed by atoms with van der Waals surface area (Å²) in [7, 11) is 0. The van der Waals surface area contributed by atoms with Crippen molar-refractivity contribution in [1.82, 2.24) is 4.98 Å². The van der Waals surface area contributed by atoms with Gasteiger partial charge in [0, 0.05) is 52.6 Å². The molecule has 1 N–H and O–H groups in total. The van der Waals surface area contributed by atoms with Crippen LogP contribution in [0.15, 0.2) is 84.8 Å². The average Bonchev–Trinajstić information content (AvgIpc) is 3.30. The SMILES string of the molecule is CC(=O)/C=C(/C)O.CC1(C)CCC(C)(C)c2c1ccc1c2sc2cc3ccnc(-c4[c-]ccc5ccccc45)c3cc21.[Ir]. The number of fused-ring (bicyclic) bond motifs is 7. The second kappa shape index (κ2) is 11.6. The fourth-order valence-electron chi connectivity index (χ4n) is 6.48. The van der Waals surface area contributed by atoms with Crippen LogP contribution in [0.4, 0.5) is 0 Å². The van der Waals surface area contributed by atoms with Gasteiger partial charge < -0.3 is 10.1 Å². The molecule has 5 heteroatoms. The van der Waals surface area contributed by atoms with Crippen LogP contribution in [0.3, 0.4) is 0 Å². The molecule has 221 valence electrons. The van der Waals surface area contributed by atoms with Crippen LogP contribution in [0.2, 0.25) is 0 Å². The number of hydrogen-bond donors (Lipinski definition) is 1. The predicted molar refractivity (Wildman–Crippen MR) is 179 cm³/mol. The predicted octanol–water partition coefficient (Wildman–Crippen LogP) is 10.6. The van der Waals surface area contributed by atoms with Gasteiger partial charge in [0.25, 0.3) is 0 Å². The third-order valence-electron chi connectivity index (χ3n) is 8.68. The standard InChI is InChI=1S/C33H28NS.C5H8O2.Ir/c1-32(2)15-16-33(3,4)29-27(32)13-12-24-26-19-25-21(18-28(26)35-31(24)29)14-17-34-30(25)23-11-7-9-20-8-5-6-10-22(20)23;1-4(6)3-5(2)7;/h5-10,12-14,17-19H,15-16H2,1-4H3;3,6H,1-2H3;/q-1;;/b;4-3-;. The van der Waals surface area contributed by atoms with Crippen LogP contribution in [-0.2, 0) is 35.7 Å². The summed E-state index contributed by atoms with van der Waals surface area (Å²) >= 11 is 1.97. The zero-order valence-electron chi connectivity index (χ0n) is 25.5. The summed E-state index contributed by atoms with van der Waals surface area (Å²) in [5, 5.41) is 15.9. The van der Waals surface area contributed by atoms with E-state index in [2.05, 4.69) is 94.4 Å². The van der Waals surface area contributed by atoms with Crippen LogP contribution >= 0.6 is 11.3 Å². The van der Waals surface area contributed by atoms with E-state index in [0.717, 1.165) is 11.3 Å². The first-order valence-corrected chi connectivity index (χ1v) is 15.3. The number of nitrogens with zero attached hydrogens (tertiary/aromatic N) is 1. The van der Waals surface area contributed by atoms with Crippen LogP contribution in [0.1, 0.15) is 65.5 Å². The van der Waals surface area contributed by atoms with E-state index in [1.807, 2.05) is 23.6 Å². The minimum absolute atomic E-state index is 0. The molecule has 2 heterocycles. The molecule has 1 radical (unpaired) electrons. The van der Waals surface area contributed by atoms with Gasteiger partial charge in [-0.3, -0.25) is 4.79 Å². The van der Waals surface area contributed by atoms with Crippen molar-refractivity contribution >= 4 is 58.8 Å². The summed E-state index contributed by atoms with van der Waals surface area (Å²) < 4.78 is 2.83. The molecule has 1 aliphatic rings. The Hall–Kier alpha value is -3.37. The maximum Gasteiger partial charge on any atom is 0.155 e. The summed E-state index contributed by atoms with van der Waals surface area (Å²) in [4.78, 5) is 14.9. The first kappa shape index (κ1) is 31.1. The number of aromatic nitrogens is 1. The minimum Gasteiger partial charge on any atom is -0.512 e. The molecule has 0 saturated heterocycles. The molecule has 0 fully saturated rings. The fourth-order valence-corrected chi connectivity index (χ4v) is 7.94. The van der Waals surface area contributed by atoms with E-state index in [1.54, 1.807) is 5.56 Å². The molecule has 0 aliphatic heterocycles. The third-order valence-corrected chi connectivity index (χ3v) is 9.86. The summed E-state index contributed by atoms with van der Waals surface area (Å²) in [6.07, 6.45) is 5.58. The van der Waals surface area contributed by atoms with Gasteiger partial charge in [-0.25, -0.2) is 0 Å². The van der Waals surface area contributed by atoms with Gasteiger partial charge in [0.15, 0.2) is 5.78 Å². The van der Waals surface area contributed by atoms with Gasteiger partial charge in [0.2, 0.25) is 0 Å². The average molecular weight is 763 g/mol. The summed E-state index contributed by atoms with van der Waals surface area (Å²) in [5.74, 6) is -0.0625. The van der Waals surface area contributed by atoms with Gasteiger partial charge in [-0.2, -0.15) is 0 Å². The number of allylic oxidation sites excluding steroid dienone is 2. The van der Waals surface area contributed by atoms with E-state index in [9.17, 15) is 4.79 Å². The molecule has 6 aromatic rings. The Labute approximate surface area is 271 Å². The fraction of sp³-hybridized carbons (Fsp3) is 0.263. The van der Waals surface area contributed by atoms with E-state index >= 15 is 0 Å². The first-order valence-electron chi connectivity index (χ1n) is 14.5. The quantitative estimate of drug-likeness (QED) is 0.109. The van der Waals surface area contributed by atoms with Crippen LogP contribution in [-0.4, -0.2) is 15.9 Å². The Morgan fingerprint density at radius 3 is 2.35 bits per heavy atom. The molecule has 1 aliphatic carbocycles. The van der Waals surface area contributed by atoms with Crippen LogP contribution in [0.25, 0.3) is 53.0 Å². The van der Waals surface area contributed by atoms with E-state index in [4.69, 9.17) is 10.1 Å². The van der Waals surface area contributed by atoms with Gasteiger partial charge in [-0.1, -0.05) is 75.5 Å². The molecule has 0 atom stereocenters. The second-order valence-electron chi connectivity index (χ2n) is 12.8. The molecule has 0 bridgehead atoms. The number of carbonyl (C=O) groups is 1. The van der Waals surface area contributed by atoms with Crippen molar-refractivity contribution in [3.05, 3.63) is 102 Å². The van der Waals surface area contributed by atoms with E-state index in [1.165, 1.54) is 80.0 Å². The Morgan fingerprint density at radius 1 is 0.884 bits per heavy atom. The Kier molecular flexibility index (Phi) is 8.39. The molecular weight excluding hydrogens is 727 g/mol. The molecule has 3 nitrogen and oxygen atoms in total. The number of hydrogen-bond acceptors (Lipinski definition) is 4. The molecule has 0 amide bonds. The van der Waals surface area contributed by atoms with Gasteiger partial charge in [0.1, 0.15) is 0 Å². The number of carbonyl (C=O) groups excluding carboxylic acids is 1. The molecule has 7 rings (SSSR count). The number of benzene rings is 4. The topological polar surface area (TPSA) is 50.2 Å². The molecule has 4 aromatic carbocycles. The molecule has 2 aromatic heterocycles. The summed E-state index contributed by atoms with van der Waals surface area (Å²) in [5.41, 5.74) is 5.60. The number of rotatable bonds is 2. The number of aliphatic hydroxyl groups is 1. The largest absolute Gasteiger partial charge is 0.512 e. The molecule has 0 saturated carbocycles. The van der Waals surface area contributed by atoms with Crippen LogP contribution < -0.4 is 0 Å². The number of ketones is 1. The Morgan fingerprint density at radius 2 is 1.63 bits per heavy atom. The Balaban J connectivity index is 0.000000415. The van der Waals surface area contributed by atoms with Crippen molar-refractivity contribution < 1.29 is 30.0 Å². The van der Waals surface area contributed by atoms with Crippen molar-refractivity contribution in [2.24, 2.45) is 0 Å². The van der Waals surface area contributed by atoms with Gasteiger partial charge in [0.05, 0.1) is 5.76 Å². The van der Waals surface area contributed by atoms with Gasteiger partial charge >= 0.3 is 0 Å². The zero-order chi connectivity index (χ0) is 29.8. The second-order valence-corrected chi connectivity index (χ2v) is 13.9. The van der Waals surface area contributed by atoms with Gasteiger partial charge in [-0.05, 0) is 77.2 Å². The van der Waals surface area contributed by atoms with Crippen molar-refractivity contribution in [1.29, 1.82) is 0 Å². The normalized spacial score (nSPS) is 15.5. The zero-order valence-corrected chi connectivity index (χ0v) is 28.7. The Bertz CT molecular complexity index is 2040. The van der Waals surface area contributed by atoms with E-state index < -0.39 is 0 Å². The van der Waals surface area contributed by atoms with Crippen molar-refractivity contribution in [2.45, 2.75) is 65.2 Å². The smallest absolute Gasteiger partial charge is 0.155 e. The third kappa shape index (κ3) is 5.67. The van der Waals surface area contributed by atoms with Crippen molar-refractivity contribution in [2.75, 3.05) is 0 Å². The number of aliphatic hydroxyl groups excluding tert-OH is 1. The molecule has 43 heavy (non-hydrogen) atoms. The van der Waals surface area contributed by atoms with Crippen molar-refractivity contribution in [3.63, 3.8) is 0 Å². The molecule has 0 unspecified atom stereocenters. The van der Waals surface area contributed by atoms with Crippen molar-refractivity contribution in [3.8, 4) is 11.3 Å². The monoisotopic (exact) mass is 763 g/mol. The van der Waals surface area contributed by atoms with Crippen LogP contribution in [0, 0.1) is 6.07 Å². The molecule has 0 spiro atoms. The molecular formula is C38H36IrNO2S-. The maximum absolute atomic E-state index is 10.0. The number of thiophene rings is 1.